The third-order valence-corrected chi connectivity index (χ3v) is 3.27. The average Bonchev–Trinajstić information content (AvgIpc) is 2.81. The van der Waals surface area contributed by atoms with Gasteiger partial charge in [-0.05, 0) is 26.0 Å². The van der Waals surface area contributed by atoms with Crippen LogP contribution in [-0.2, 0) is 13.0 Å². The molecule has 128 valence electrons. The number of halogens is 3. The Morgan fingerprint density at radius 1 is 1.39 bits per heavy atom. The highest BCUT2D eigenvalue weighted by Crippen LogP contribution is 2.35. The first-order valence-corrected chi connectivity index (χ1v) is 7.32. The summed E-state index contributed by atoms with van der Waals surface area (Å²) in [6, 6.07) is 2.72. The van der Waals surface area contributed by atoms with Crippen LogP contribution in [0.5, 0.6) is 11.5 Å². The molecule has 0 aliphatic carbocycles. The van der Waals surface area contributed by atoms with E-state index in [1.165, 1.54) is 0 Å². The topological polar surface area (TPSA) is 59.6 Å². The second-order valence-electron chi connectivity index (χ2n) is 5.28. The zero-order valence-electron chi connectivity index (χ0n) is 12.9. The molecule has 0 radical (unpaired) electrons. The third kappa shape index (κ3) is 4.94. The lowest BCUT2D eigenvalue weighted by Crippen LogP contribution is -2.40. The van der Waals surface area contributed by atoms with Crippen LogP contribution in [0.4, 0.5) is 18.0 Å². The van der Waals surface area contributed by atoms with Crippen molar-refractivity contribution in [2.45, 2.75) is 39.1 Å². The van der Waals surface area contributed by atoms with E-state index >= 15 is 0 Å². The Balaban J connectivity index is 2.01. The van der Waals surface area contributed by atoms with E-state index in [1.54, 1.807) is 11.4 Å². The number of rotatable bonds is 5. The van der Waals surface area contributed by atoms with E-state index in [0.717, 1.165) is 12.0 Å². The van der Waals surface area contributed by atoms with E-state index < -0.39 is 18.8 Å². The molecule has 2 amide bonds. The summed E-state index contributed by atoms with van der Waals surface area (Å²) >= 11 is 0. The minimum Gasteiger partial charge on any atom is -0.494 e. The fourth-order valence-corrected chi connectivity index (χ4v) is 2.33. The van der Waals surface area contributed by atoms with Gasteiger partial charge in [0.05, 0.1) is 6.61 Å². The SMILES string of the molecule is CCOc1cc2c(cc1CNC(=O)NCC(F)(F)F)OC(C)C2. The molecule has 0 saturated heterocycles. The predicted molar refractivity (Wildman–Crippen MR) is 77.7 cm³/mol. The van der Waals surface area contributed by atoms with Gasteiger partial charge in [0, 0.05) is 24.1 Å². The summed E-state index contributed by atoms with van der Waals surface area (Å²) < 4.78 is 47.3. The highest BCUT2D eigenvalue weighted by Gasteiger charge is 2.27. The van der Waals surface area contributed by atoms with Crippen LogP contribution in [0, 0.1) is 0 Å². The van der Waals surface area contributed by atoms with E-state index in [0.29, 0.717) is 23.7 Å². The Labute approximate surface area is 132 Å². The normalized spacial score (nSPS) is 16.5. The number of benzene rings is 1. The molecule has 23 heavy (non-hydrogen) atoms. The number of urea groups is 1. The number of carbonyl (C=O) groups excluding carboxylic acids is 1. The molecule has 2 N–H and O–H groups in total. The molecular formula is C15H19F3N2O3. The second-order valence-corrected chi connectivity index (χ2v) is 5.28. The number of amides is 2. The lowest BCUT2D eigenvalue weighted by atomic mass is 10.1. The van der Waals surface area contributed by atoms with Crippen molar-refractivity contribution >= 4 is 6.03 Å². The van der Waals surface area contributed by atoms with Gasteiger partial charge in [0.15, 0.2) is 0 Å². The summed E-state index contributed by atoms with van der Waals surface area (Å²) in [7, 11) is 0. The molecule has 1 unspecified atom stereocenters. The van der Waals surface area contributed by atoms with Crippen molar-refractivity contribution in [2.75, 3.05) is 13.2 Å². The maximum absolute atomic E-state index is 12.1. The molecule has 1 aromatic carbocycles. The van der Waals surface area contributed by atoms with Crippen LogP contribution >= 0.6 is 0 Å². The molecule has 1 atom stereocenters. The maximum Gasteiger partial charge on any atom is 0.405 e. The molecule has 5 nitrogen and oxygen atoms in total. The molecule has 0 fully saturated rings. The van der Waals surface area contributed by atoms with Crippen LogP contribution in [0.2, 0.25) is 0 Å². The molecule has 1 heterocycles. The molecule has 0 spiro atoms. The minimum absolute atomic E-state index is 0.0457. The van der Waals surface area contributed by atoms with E-state index in [2.05, 4.69) is 5.32 Å². The fourth-order valence-electron chi connectivity index (χ4n) is 2.33. The highest BCUT2D eigenvalue weighted by molar-refractivity contribution is 5.74. The van der Waals surface area contributed by atoms with Crippen molar-refractivity contribution in [1.29, 1.82) is 0 Å². The van der Waals surface area contributed by atoms with E-state index in [9.17, 15) is 18.0 Å². The summed E-state index contributed by atoms with van der Waals surface area (Å²) in [4.78, 5) is 11.4. The van der Waals surface area contributed by atoms with Crippen molar-refractivity contribution in [3.8, 4) is 11.5 Å². The van der Waals surface area contributed by atoms with Gasteiger partial charge < -0.3 is 20.1 Å². The van der Waals surface area contributed by atoms with Gasteiger partial charge in [-0.1, -0.05) is 0 Å². The largest absolute Gasteiger partial charge is 0.494 e. The van der Waals surface area contributed by atoms with Crippen molar-refractivity contribution < 1.29 is 27.4 Å². The van der Waals surface area contributed by atoms with Gasteiger partial charge in [0.25, 0.3) is 0 Å². The lowest BCUT2D eigenvalue weighted by Gasteiger charge is -2.14. The smallest absolute Gasteiger partial charge is 0.405 e. The Bertz CT molecular complexity index is 576. The van der Waals surface area contributed by atoms with Crippen molar-refractivity contribution in [1.82, 2.24) is 10.6 Å². The van der Waals surface area contributed by atoms with Gasteiger partial charge >= 0.3 is 12.2 Å². The first kappa shape index (κ1) is 17.2. The molecule has 0 aromatic heterocycles. The summed E-state index contributed by atoms with van der Waals surface area (Å²) in [5.74, 6) is 1.31. The lowest BCUT2D eigenvalue weighted by molar-refractivity contribution is -0.122. The molecule has 8 heteroatoms. The van der Waals surface area contributed by atoms with Gasteiger partial charge in [-0.15, -0.1) is 0 Å². The van der Waals surface area contributed by atoms with Crippen LogP contribution in [0.15, 0.2) is 12.1 Å². The first-order valence-electron chi connectivity index (χ1n) is 7.32. The second kappa shape index (κ2) is 6.97. The third-order valence-electron chi connectivity index (χ3n) is 3.27. The minimum atomic E-state index is -4.44. The summed E-state index contributed by atoms with van der Waals surface area (Å²) in [6.07, 6.45) is -3.60. The summed E-state index contributed by atoms with van der Waals surface area (Å²) in [5, 5.41) is 4.14. The predicted octanol–water partition coefficient (Wildman–Crippen LogP) is 2.77. The van der Waals surface area contributed by atoms with E-state index in [1.807, 2.05) is 19.9 Å². The fraction of sp³-hybridized carbons (Fsp3) is 0.533. The van der Waals surface area contributed by atoms with Crippen LogP contribution in [0.1, 0.15) is 25.0 Å². The molecule has 1 aliphatic heterocycles. The summed E-state index contributed by atoms with van der Waals surface area (Å²) in [6.45, 7) is 2.90. The quantitative estimate of drug-likeness (QED) is 0.872. The van der Waals surface area contributed by atoms with Crippen molar-refractivity contribution in [3.05, 3.63) is 23.3 Å². The monoisotopic (exact) mass is 332 g/mol. The zero-order valence-corrected chi connectivity index (χ0v) is 12.9. The number of hydrogen-bond donors (Lipinski definition) is 2. The van der Waals surface area contributed by atoms with Crippen molar-refractivity contribution in [2.24, 2.45) is 0 Å². The molecule has 1 aliphatic rings. The van der Waals surface area contributed by atoms with Crippen LogP contribution in [-0.4, -0.2) is 31.5 Å². The number of fused-ring (bicyclic) bond motifs is 1. The number of hydrogen-bond acceptors (Lipinski definition) is 3. The number of carbonyl (C=O) groups is 1. The van der Waals surface area contributed by atoms with Gasteiger partial charge in [-0.25, -0.2) is 4.79 Å². The van der Waals surface area contributed by atoms with Gasteiger partial charge in [-0.2, -0.15) is 13.2 Å². The van der Waals surface area contributed by atoms with Crippen molar-refractivity contribution in [3.63, 3.8) is 0 Å². The molecular weight excluding hydrogens is 313 g/mol. The Morgan fingerprint density at radius 2 is 2.13 bits per heavy atom. The maximum atomic E-state index is 12.1. The van der Waals surface area contributed by atoms with Gasteiger partial charge in [0.1, 0.15) is 24.1 Å². The molecule has 0 bridgehead atoms. The first-order chi connectivity index (χ1) is 10.8. The Morgan fingerprint density at radius 3 is 2.78 bits per heavy atom. The van der Waals surface area contributed by atoms with Crippen LogP contribution in [0.3, 0.4) is 0 Å². The molecule has 2 rings (SSSR count). The van der Waals surface area contributed by atoms with Crippen LogP contribution < -0.4 is 20.1 Å². The zero-order chi connectivity index (χ0) is 17.0. The number of ether oxygens (including phenoxy) is 2. The van der Waals surface area contributed by atoms with Crippen LogP contribution in [0.25, 0.3) is 0 Å². The summed E-state index contributed by atoms with van der Waals surface area (Å²) in [5.41, 5.74) is 1.67. The van der Waals surface area contributed by atoms with E-state index in [4.69, 9.17) is 9.47 Å². The Hall–Kier alpha value is -2.12. The molecule has 1 aromatic rings. The van der Waals surface area contributed by atoms with Gasteiger partial charge in [-0.3, -0.25) is 0 Å². The number of nitrogens with one attached hydrogen (secondary N) is 2. The molecule has 0 saturated carbocycles. The Kier molecular flexibility index (Phi) is 5.23. The number of alkyl halides is 3. The average molecular weight is 332 g/mol. The highest BCUT2D eigenvalue weighted by atomic mass is 19.4. The standard InChI is InChI=1S/C15H19F3N2O3/c1-3-22-12-5-10-4-9(2)23-13(10)6-11(12)7-19-14(21)20-8-15(16,17)18/h5-6,9H,3-4,7-8H2,1-2H3,(H2,19,20,21). The van der Waals surface area contributed by atoms with E-state index in [-0.39, 0.29) is 12.6 Å². The van der Waals surface area contributed by atoms with Gasteiger partial charge in [0.2, 0.25) is 0 Å².